The molecule has 6 nitrogen and oxygen atoms in total. The van der Waals surface area contributed by atoms with E-state index >= 15 is 0 Å². The molecule has 31 heavy (non-hydrogen) atoms. The summed E-state index contributed by atoms with van der Waals surface area (Å²) in [7, 11) is 0. The van der Waals surface area contributed by atoms with Gasteiger partial charge in [0.1, 0.15) is 0 Å². The maximum Gasteiger partial charge on any atom is 0.319 e. The molecule has 1 atom stereocenters. The molecule has 3 rings (SSSR count). The van der Waals surface area contributed by atoms with Gasteiger partial charge in [-0.25, -0.2) is 4.79 Å². The molecule has 8 heteroatoms. The molecular formula is C23H25Cl2N3O3. The lowest BCUT2D eigenvalue weighted by Gasteiger charge is -2.29. The van der Waals surface area contributed by atoms with E-state index in [0.717, 1.165) is 11.1 Å². The molecule has 0 aromatic heterocycles. The molecule has 3 amide bonds. The third-order valence-electron chi connectivity index (χ3n) is 4.99. The maximum absolute atomic E-state index is 13.2. The Hall–Kier alpha value is -2.70. The second kappa shape index (κ2) is 9.20. The van der Waals surface area contributed by atoms with Gasteiger partial charge in [-0.3, -0.25) is 4.79 Å². The molecule has 0 saturated heterocycles. The van der Waals surface area contributed by atoms with Crippen LogP contribution in [0.2, 0.25) is 10.0 Å². The van der Waals surface area contributed by atoms with Crippen LogP contribution >= 0.6 is 23.2 Å². The Morgan fingerprint density at radius 2 is 1.71 bits per heavy atom. The zero-order chi connectivity index (χ0) is 22.9. The minimum absolute atomic E-state index is 0.110. The molecule has 2 aromatic rings. The number of aryl methyl sites for hydroxylation is 2. The van der Waals surface area contributed by atoms with Crippen LogP contribution in [0.1, 0.15) is 43.5 Å². The molecule has 0 unspecified atom stereocenters. The van der Waals surface area contributed by atoms with Gasteiger partial charge in [0.2, 0.25) is 0 Å². The average molecular weight is 462 g/mol. The van der Waals surface area contributed by atoms with Gasteiger partial charge in [-0.1, -0.05) is 29.3 Å². The Balaban J connectivity index is 1.98. The molecule has 0 fully saturated rings. The van der Waals surface area contributed by atoms with Gasteiger partial charge in [-0.15, -0.1) is 0 Å². The zero-order valence-electron chi connectivity index (χ0n) is 18.0. The summed E-state index contributed by atoms with van der Waals surface area (Å²) in [5, 5.41) is 8.96. The van der Waals surface area contributed by atoms with Gasteiger partial charge < -0.3 is 20.7 Å². The van der Waals surface area contributed by atoms with Crippen LogP contribution < -0.4 is 20.7 Å². The number of hydrogen-bond donors (Lipinski definition) is 3. The van der Waals surface area contributed by atoms with Gasteiger partial charge in [-0.05, 0) is 75.6 Å². The molecule has 1 heterocycles. The van der Waals surface area contributed by atoms with E-state index in [4.69, 9.17) is 27.9 Å². The van der Waals surface area contributed by atoms with Crippen molar-refractivity contribution >= 4 is 40.8 Å². The molecule has 0 spiro atoms. The van der Waals surface area contributed by atoms with Crippen LogP contribution in [-0.4, -0.2) is 18.0 Å². The Morgan fingerprint density at radius 3 is 2.29 bits per heavy atom. The Labute approximate surface area is 192 Å². The summed E-state index contributed by atoms with van der Waals surface area (Å²) in [4.78, 5) is 25.4. The van der Waals surface area contributed by atoms with Crippen LogP contribution in [-0.2, 0) is 4.79 Å². The highest BCUT2D eigenvalue weighted by molar-refractivity contribution is 6.37. The van der Waals surface area contributed by atoms with E-state index in [1.165, 1.54) is 0 Å². The number of carbonyl (C=O) groups excluding carboxylic acids is 2. The van der Waals surface area contributed by atoms with Crippen LogP contribution in [0.5, 0.6) is 5.75 Å². The largest absolute Gasteiger partial charge is 0.488 e. The van der Waals surface area contributed by atoms with Crippen LogP contribution in [0.15, 0.2) is 41.6 Å². The first-order valence-corrected chi connectivity index (χ1v) is 10.6. The average Bonchev–Trinajstić information content (AvgIpc) is 2.66. The fraction of sp³-hybridized carbons (Fsp3) is 0.304. The van der Waals surface area contributed by atoms with E-state index in [1.54, 1.807) is 19.1 Å². The molecule has 2 aromatic carbocycles. The van der Waals surface area contributed by atoms with Crippen LogP contribution in [0.25, 0.3) is 0 Å². The number of ether oxygens (including phenoxy) is 1. The van der Waals surface area contributed by atoms with E-state index in [-0.39, 0.29) is 12.0 Å². The third-order valence-corrected chi connectivity index (χ3v) is 5.55. The van der Waals surface area contributed by atoms with Crippen molar-refractivity contribution in [2.45, 2.75) is 46.8 Å². The Morgan fingerprint density at radius 1 is 1.06 bits per heavy atom. The number of benzene rings is 2. The molecule has 0 bridgehead atoms. The highest BCUT2D eigenvalue weighted by atomic mass is 35.5. The molecule has 0 saturated carbocycles. The third kappa shape index (κ3) is 5.14. The van der Waals surface area contributed by atoms with Crippen molar-refractivity contribution in [1.82, 2.24) is 10.6 Å². The minimum Gasteiger partial charge on any atom is -0.488 e. The second-order valence-electron chi connectivity index (χ2n) is 7.80. The van der Waals surface area contributed by atoms with E-state index in [9.17, 15) is 9.59 Å². The number of hydrogen-bond acceptors (Lipinski definition) is 3. The topological polar surface area (TPSA) is 79.5 Å². The minimum atomic E-state index is -0.733. The summed E-state index contributed by atoms with van der Waals surface area (Å²) in [6.07, 6.45) is -0.110. The first kappa shape index (κ1) is 23.0. The van der Waals surface area contributed by atoms with E-state index in [1.807, 2.05) is 45.9 Å². The van der Waals surface area contributed by atoms with Crippen LogP contribution in [0.3, 0.4) is 0 Å². The molecule has 1 aliphatic rings. The second-order valence-corrected chi connectivity index (χ2v) is 8.62. The Bertz CT molecular complexity index is 1060. The van der Waals surface area contributed by atoms with Crippen molar-refractivity contribution in [3.05, 3.63) is 68.3 Å². The fourth-order valence-electron chi connectivity index (χ4n) is 3.36. The smallest absolute Gasteiger partial charge is 0.319 e. The van der Waals surface area contributed by atoms with E-state index < -0.39 is 12.1 Å². The standard InChI is InChI=1S/C23H25Cl2N3O3/c1-11(2)31-21-17(24)9-15(10-18(21)25)20-19(14(5)26-23(30)28-20)22(29)27-16-7-6-12(3)13(4)8-16/h6-11,20H,1-5H3,(H,27,29)(H2,26,28,30)/t20-/m0/s1. The summed E-state index contributed by atoms with van der Waals surface area (Å²) in [6, 6.07) is 7.83. The summed E-state index contributed by atoms with van der Waals surface area (Å²) in [5.74, 6) is 0.0252. The maximum atomic E-state index is 13.2. The van der Waals surface area contributed by atoms with Crippen molar-refractivity contribution in [1.29, 1.82) is 0 Å². The van der Waals surface area contributed by atoms with Crippen LogP contribution in [0, 0.1) is 13.8 Å². The van der Waals surface area contributed by atoms with E-state index in [0.29, 0.717) is 38.3 Å². The van der Waals surface area contributed by atoms with Crippen LogP contribution in [0.4, 0.5) is 10.5 Å². The molecule has 3 N–H and O–H groups in total. The molecular weight excluding hydrogens is 437 g/mol. The zero-order valence-corrected chi connectivity index (χ0v) is 19.5. The first-order chi connectivity index (χ1) is 14.6. The highest BCUT2D eigenvalue weighted by Crippen LogP contribution is 2.39. The summed E-state index contributed by atoms with van der Waals surface area (Å²) < 4.78 is 5.68. The van der Waals surface area contributed by atoms with Crippen molar-refractivity contribution in [3.63, 3.8) is 0 Å². The number of urea groups is 1. The SMILES string of the molecule is CC1=C(C(=O)Nc2ccc(C)c(C)c2)[C@H](c2cc(Cl)c(OC(C)C)c(Cl)c2)NC(=O)N1. The monoisotopic (exact) mass is 461 g/mol. The van der Waals surface area contributed by atoms with Crippen molar-refractivity contribution in [2.75, 3.05) is 5.32 Å². The van der Waals surface area contributed by atoms with Crippen molar-refractivity contribution < 1.29 is 14.3 Å². The number of nitrogens with one attached hydrogen (secondary N) is 3. The summed E-state index contributed by atoms with van der Waals surface area (Å²) in [6.45, 7) is 9.40. The van der Waals surface area contributed by atoms with Gasteiger partial charge >= 0.3 is 6.03 Å². The molecule has 0 aliphatic carbocycles. The predicted molar refractivity (Wildman–Crippen MR) is 124 cm³/mol. The molecule has 164 valence electrons. The van der Waals surface area contributed by atoms with Gasteiger partial charge in [0.15, 0.2) is 5.75 Å². The number of carbonyl (C=O) groups is 2. The lowest BCUT2D eigenvalue weighted by atomic mass is 9.94. The lowest BCUT2D eigenvalue weighted by Crippen LogP contribution is -2.46. The summed E-state index contributed by atoms with van der Waals surface area (Å²) in [5.41, 5.74) is 4.25. The predicted octanol–water partition coefficient (Wildman–Crippen LogP) is 5.66. The van der Waals surface area contributed by atoms with Gasteiger partial charge in [0, 0.05) is 11.4 Å². The number of halogens is 2. The highest BCUT2D eigenvalue weighted by Gasteiger charge is 2.32. The number of rotatable bonds is 5. The number of anilines is 1. The van der Waals surface area contributed by atoms with Gasteiger partial charge in [-0.2, -0.15) is 0 Å². The van der Waals surface area contributed by atoms with Crippen molar-refractivity contribution in [2.24, 2.45) is 0 Å². The quantitative estimate of drug-likeness (QED) is 0.536. The summed E-state index contributed by atoms with van der Waals surface area (Å²) >= 11 is 12.8. The van der Waals surface area contributed by atoms with E-state index in [2.05, 4.69) is 16.0 Å². The molecule has 1 aliphatic heterocycles. The fourth-order valence-corrected chi connectivity index (χ4v) is 3.95. The first-order valence-electron chi connectivity index (χ1n) is 9.89. The lowest BCUT2D eigenvalue weighted by molar-refractivity contribution is -0.113. The van der Waals surface area contributed by atoms with Crippen molar-refractivity contribution in [3.8, 4) is 5.75 Å². The Kier molecular flexibility index (Phi) is 6.82. The number of allylic oxidation sites excluding steroid dienone is 1. The molecule has 0 radical (unpaired) electrons. The van der Waals surface area contributed by atoms with Gasteiger partial charge in [0.05, 0.1) is 27.8 Å². The number of amides is 3. The normalized spacial score (nSPS) is 16.1. The van der Waals surface area contributed by atoms with Gasteiger partial charge in [0.25, 0.3) is 5.91 Å².